The molecule has 0 unspecified atom stereocenters. The zero-order valence-electron chi connectivity index (χ0n) is 12.6. The number of nitrogens with one attached hydrogen (secondary N) is 3. The fourth-order valence-corrected chi connectivity index (χ4v) is 4.06. The molecule has 5 nitrogen and oxygen atoms in total. The number of H-pyrrole nitrogens is 1. The predicted octanol–water partition coefficient (Wildman–Crippen LogP) is 2.46. The molecule has 1 saturated heterocycles. The van der Waals surface area contributed by atoms with Crippen LogP contribution < -0.4 is 10.6 Å². The zero-order chi connectivity index (χ0) is 14.3. The Morgan fingerprint density at radius 3 is 2.86 bits per heavy atom. The van der Waals surface area contributed by atoms with E-state index in [-0.39, 0.29) is 0 Å². The molecule has 21 heavy (non-hydrogen) atoms. The summed E-state index contributed by atoms with van der Waals surface area (Å²) < 4.78 is 0. The molecular weight excluding hydrogens is 262 g/mol. The molecule has 0 radical (unpaired) electrons. The number of aryl methyl sites for hydroxylation is 1. The molecule has 2 aromatic rings. The maximum Gasteiger partial charge on any atom is 0.143 e. The van der Waals surface area contributed by atoms with Gasteiger partial charge in [0.25, 0.3) is 0 Å². The van der Waals surface area contributed by atoms with Crippen molar-refractivity contribution in [1.82, 2.24) is 20.3 Å². The van der Waals surface area contributed by atoms with Crippen molar-refractivity contribution in [3.8, 4) is 0 Å². The van der Waals surface area contributed by atoms with Crippen LogP contribution in [0, 0.1) is 5.41 Å². The van der Waals surface area contributed by atoms with Crippen molar-refractivity contribution in [2.45, 2.75) is 45.1 Å². The second-order valence-electron chi connectivity index (χ2n) is 6.61. The minimum absolute atomic E-state index is 0.570. The van der Waals surface area contributed by atoms with E-state index in [1.807, 2.05) is 0 Å². The Morgan fingerprint density at radius 1 is 1.29 bits per heavy atom. The lowest BCUT2D eigenvalue weighted by Crippen LogP contribution is -2.50. The molecule has 3 N–H and O–H groups in total. The van der Waals surface area contributed by atoms with E-state index in [0.717, 1.165) is 17.9 Å². The number of hydrogen-bond donors (Lipinski definition) is 3. The number of aromatic nitrogens is 3. The Balaban J connectivity index is 1.52. The van der Waals surface area contributed by atoms with Gasteiger partial charge in [0.2, 0.25) is 0 Å². The van der Waals surface area contributed by atoms with Crippen molar-refractivity contribution in [1.29, 1.82) is 0 Å². The van der Waals surface area contributed by atoms with Gasteiger partial charge in [0.1, 0.15) is 17.8 Å². The average molecular weight is 285 g/mol. The summed E-state index contributed by atoms with van der Waals surface area (Å²) in [6.45, 7) is 4.54. The van der Waals surface area contributed by atoms with Gasteiger partial charge >= 0.3 is 0 Å². The predicted molar refractivity (Wildman–Crippen MR) is 84.4 cm³/mol. The third-order valence-electron chi connectivity index (χ3n) is 5.30. The molecule has 0 bridgehead atoms. The topological polar surface area (TPSA) is 65.6 Å². The molecule has 2 fully saturated rings. The molecule has 2 aromatic heterocycles. The highest BCUT2D eigenvalue weighted by Gasteiger charge is 2.44. The molecular formula is C16H23N5. The van der Waals surface area contributed by atoms with E-state index in [9.17, 15) is 0 Å². The molecule has 5 heteroatoms. The van der Waals surface area contributed by atoms with Gasteiger partial charge in [-0.25, -0.2) is 9.97 Å². The lowest BCUT2D eigenvalue weighted by Gasteiger charge is -2.50. The Labute approximate surface area is 124 Å². The van der Waals surface area contributed by atoms with Crippen LogP contribution in [0.25, 0.3) is 11.0 Å². The van der Waals surface area contributed by atoms with Gasteiger partial charge in [-0.05, 0) is 56.2 Å². The van der Waals surface area contributed by atoms with E-state index in [1.165, 1.54) is 49.7 Å². The molecule has 0 amide bonds. The van der Waals surface area contributed by atoms with Crippen LogP contribution in [0.5, 0.6) is 0 Å². The minimum atomic E-state index is 0.570. The number of nitrogens with zero attached hydrogens (tertiary/aromatic N) is 2. The number of aromatic amines is 1. The molecule has 4 rings (SSSR count). The molecule has 0 aromatic carbocycles. The summed E-state index contributed by atoms with van der Waals surface area (Å²) in [6.07, 6.45) is 9.93. The van der Waals surface area contributed by atoms with E-state index in [1.54, 1.807) is 6.33 Å². The number of rotatable bonds is 3. The highest BCUT2D eigenvalue weighted by molar-refractivity contribution is 5.90. The van der Waals surface area contributed by atoms with Crippen molar-refractivity contribution >= 4 is 16.9 Å². The second-order valence-corrected chi connectivity index (χ2v) is 6.61. The molecule has 1 aliphatic heterocycles. The number of hydrogen-bond acceptors (Lipinski definition) is 4. The van der Waals surface area contributed by atoms with E-state index >= 15 is 0 Å². The molecule has 112 valence electrons. The van der Waals surface area contributed by atoms with Crippen LogP contribution in [0.15, 0.2) is 12.5 Å². The van der Waals surface area contributed by atoms with Crippen LogP contribution in [0.1, 0.15) is 38.2 Å². The first-order valence-corrected chi connectivity index (χ1v) is 8.08. The molecule has 1 saturated carbocycles. The lowest BCUT2D eigenvalue weighted by atomic mass is 9.60. The van der Waals surface area contributed by atoms with Gasteiger partial charge in [-0.2, -0.15) is 0 Å². The Hall–Kier alpha value is -1.62. The van der Waals surface area contributed by atoms with Crippen molar-refractivity contribution in [2.75, 3.05) is 18.4 Å². The summed E-state index contributed by atoms with van der Waals surface area (Å²) in [5.74, 6) is 1.01. The quantitative estimate of drug-likeness (QED) is 0.810. The Morgan fingerprint density at radius 2 is 2.10 bits per heavy atom. The van der Waals surface area contributed by atoms with Crippen LogP contribution in [-0.2, 0) is 6.42 Å². The number of anilines is 1. The van der Waals surface area contributed by atoms with Crippen LogP contribution in [0.2, 0.25) is 0 Å². The van der Waals surface area contributed by atoms with Gasteiger partial charge in [0.05, 0.1) is 5.39 Å². The largest absolute Gasteiger partial charge is 0.367 e. The Bertz CT molecular complexity index is 633. The third kappa shape index (κ3) is 2.20. The van der Waals surface area contributed by atoms with Crippen molar-refractivity contribution in [2.24, 2.45) is 5.41 Å². The van der Waals surface area contributed by atoms with Gasteiger partial charge in [0, 0.05) is 12.2 Å². The van der Waals surface area contributed by atoms with Crippen molar-refractivity contribution in [3.05, 3.63) is 18.1 Å². The summed E-state index contributed by atoms with van der Waals surface area (Å²) in [5, 5.41) is 8.30. The first kappa shape index (κ1) is 13.1. The summed E-state index contributed by atoms with van der Waals surface area (Å²) >= 11 is 0. The highest BCUT2D eigenvalue weighted by atomic mass is 15.1. The Kier molecular flexibility index (Phi) is 3.10. The number of fused-ring (bicyclic) bond motifs is 1. The summed E-state index contributed by atoms with van der Waals surface area (Å²) in [6, 6.07) is 0.570. The molecule has 3 heterocycles. The maximum atomic E-state index is 4.49. The number of piperidine rings is 1. The summed E-state index contributed by atoms with van der Waals surface area (Å²) in [4.78, 5) is 12.1. The standard InChI is InChI=1S/C16H23N5/c1-2-11-9-18-14-13(11)15(20-10-19-14)21-12-7-16(8-12)3-5-17-6-4-16/h9-10,12,17H,2-8H2,1H3,(H2,18,19,20,21). The highest BCUT2D eigenvalue weighted by Crippen LogP contribution is 2.49. The van der Waals surface area contributed by atoms with Crippen LogP contribution in [0.4, 0.5) is 5.82 Å². The molecule has 1 aliphatic carbocycles. The summed E-state index contributed by atoms with van der Waals surface area (Å²) in [5.41, 5.74) is 2.84. The normalized spacial score (nSPS) is 21.6. The molecule has 0 atom stereocenters. The zero-order valence-corrected chi connectivity index (χ0v) is 12.6. The van der Waals surface area contributed by atoms with Crippen molar-refractivity contribution < 1.29 is 0 Å². The third-order valence-corrected chi connectivity index (χ3v) is 5.30. The van der Waals surface area contributed by atoms with E-state index in [2.05, 4.69) is 38.7 Å². The van der Waals surface area contributed by atoms with Gasteiger partial charge in [-0.15, -0.1) is 0 Å². The lowest BCUT2D eigenvalue weighted by molar-refractivity contribution is 0.0717. The van der Waals surface area contributed by atoms with Gasteiger partial charge in [-0.3, -0.25) is 0 Å². The fraction of sp³-hybridized carbons (Fsp3) is 0.625. The summed E-state index contributed by atoms with van der Waals surface area (Å²) in [7, 11) is 0. The maximum absolute atomic E-state index is 4.49. The van der Waals surface area contributed by atoms with E-state index in [0.29, 0.717) is 11.5 Å². The van der Waals surface area contributed by atoms with E-state index < -0.39 is 0 Å². The smallest absolute Gasteiger partial charge is 0.143 e. The minimum Gasteiger partial charge on any atom is -0.367 e. The average Bonchev–Trinajstić information content (AvgIpc) is 2.91. The van der Waals surface area contributed by atoms with Gasteiger partial charge < -0.3 is 15.6 Å². The molecule has 2 aliphatic rings. The van der Waals surface area contributed by atoms with Crippen LogP contribution >= 0.6 is 0 Å². The first-order valence-electron chi connectivity index (χ1n) is 8.08. The van der Waals surface area contributed by atoms with Crippen LogP contribution in [0.3, 0.4) is 0 Å². The van der Waals surface area contributed by atoms with Crippen LogP contribution in [-0.4, -0.2) is 34.1 Å². The SMILES string of the molecule is CCc1c[nH]c2ncnc(NC3CC4(CCNCC4)C3)c12. The molecule has 1 spiro atoms. The monoisotopic (exact) mass is 285 g/mol. The van der Waals surface area contributed by atoms with E-state index in [4.69, 9.17) is 0 Å². The second kappa shape index (κ2) is 4.98. The first-order chi connectivity index (χ1) is 10.3. The van der Waals surface area contributed by atoms with Gasteiger partial charge in [-0.1, -0.05) is 6.92 Å². The van der Waals surface area contributed by atoms with Crippen molar-refractivity contribution in [3.63, 3.8) is 0 Å². The fourth-order valence-electron chi connectivity index (χ4n) is 4.06. The van der Waals surface area contributed by atoms with Gasteiger partial charge in [0.15, 0.2) is 0 Å².